The molecule has 2 heterocycles. The number of aryl methyl sites for hydroxylation is 3. The molecule has 0 aliphatic heterocycles. The van der Waals surface area contributed by atoms with Crippen molar-refractivity contribution in [2.45, 2.75) is 34.1 Å². The van der Waals surface area contributed by atoms with Crippen molar-refractivity contribution in [3.8, 4) is 11.5 Å². The van der Waals surface area contributed by atoms with Crippen molar-refractivity contribution in [3.63, 3.8) is 0 Å². The van der Waals surface area contributed by atoms with Crippen LogP contribution in [0, 0.1) is 26.7 Å². The van der Waals surface area contributed by atoms with Gasteiger partial charge in [0.25, 0.3) is 0 Å². The van der Waals surface area contributed by atoms with Crippen LogP contribution >= 0.6 is 0 Å². The third kappa shape index (κ3) is 4.53. The highest BCUT2D eigenvalue weighted by atomic mass is 16.4. The number of allylic oxidation sites excluding steroid dienone is 4. The van der Waals surface area contributed by atoms with E-state index < -0.39 is 0 Å². The Morgan fingerprint density at radius 2 is 1.50 bits per heavy atom. The normalized spacial score (nSPS) is 16.0. The molecule has 6 heteroatoms. The Balaban J connectivity index is 0.000000236. The Morgan fingerprint density at radius 1 is 0.846 bits per heavy atom. The summed E-state index contributed by atoms with van der Waals surface area (Å²) in [5, 5.41) is 15.4. The SMILES string of the molecule is Cc1ccc(-c2nnc(C3=CCC(C)C=C3)o2)cc1.Cc1nnc(C)o1. The maximum atomic E-state index is 5.74. The van der Waals surface area contributed by atoms with Gasteiger partial charge in [-0.3, -0.25) is 0 Å². The second kappa shape index (κ2) is 7.91. The summed E-state index contributed by atoms with van der Waals surface area (Å²) in [7, 11) is 0. The topological polar surface area (TPSA) is 77.8 Å². The first-order chi connectivity index (χ1) is 12.5. The Kier molecular flexibility index (Phi) is 5.41. The summed E-state index contributed by atoms with van der Waals surface area (Å²) in [6.07, 6.45) is 7.40. The van der Waals surface area contributed by atoms with Gasteiger partial charge in [0.2, 0.25) is 23.6 Å². The Labute approximate surface area is 152 Å². The molecule has 26 heavy (non-hydrogen) atoms. The lowest BCUT2D eigenvalue weighted by molar-refractivity contribution is 0.489. The lowest BCUT2D eigenvalue weighted by atomic mass is 9.99. The summed E-state index contributed by atoms with van der Waals surface area (Å²) in [6, 6.07) is 8.08. The molecule has 6 nitrogen and oxygen atoms in total. The van der Waals surface area contributed by atoms with Gasteiger partial charge in [-0.25, -0.2) is 0 Å². The molecule has 4 rings (SSSR count). The van der Waals surface area contributed by atoms with Crippen LogP contribution in [0.3, 0.4) is 0 Å². The molecule has 2 aromatic heterocycles. The second-order valence-corrected chi connectivity index (χ2v) is 6.35. The Morgan fingerprint density at radius 3 is 2.04 bits per heavy atom. The van der Waals surface area contributed by atoms with Crippen molar-refractivity contribution in [2.75, 3.05) is 0 Å². The molecule has 1 aliphatic carbocycles. The van der Waals surface area contributed by atoms with Gasteiger partial charge in [-0.15, -0.1) is 20.4 Å². The molecule has 0 saturated carbocycles. The molecule has 1 unspecified atom stereocenters. The third-order valence-electron chi connectivity index (χ3n) is 3.91. The average molecular weight is 350 g/mol. The average Bonchev–Trinajstić information content (AvgIpc) is 3.26. The van der Waals surface area contributed by atoms with Crippen LogP contribution < -0.4 is 0 Å². The van der Waals surface area contributed by atoms with E-state index in [0.717, 1.165) is 17.6 Å². The minimum atomic E-state index is 0.572. The van der Waals surface area contributed by atoms with Crippen molar-refractivity contribution in [1.82, 2.24) is 20.4 Å². The zero-order chi connectivity index (χ0) is 18.5. The Hall–Kier alpha value is -3.02. The summed E-state index contributed by atoms with van der Waals surface area (Å²) in [4.78, 5) is 0. The first-order valence-corrected chi connectivity index (χ1v) is 8.57. The van der Waals surface area contributed by atoms with Gasteiger partial charge in [0.05, 0.1) is 0 Å². The van der Waals surface area contributed by atoms with Crippen LogP contribution in [-0.2, 0) is 0 Å². The molecule has 0 amide bonds. The quantitative estimate of drug-likeness (QED) is 0.666. The maximum Gasteiger partial charge on any atom is 0.248 e. The molecular weight excluding hydrogens is 328 g/mol. The smallest absolute Gasteiger partial charge is 0.248 e. The van der Waals surface area contributed by atoms with E-state index in [1.807, 2.05) is 24.3 Å². The molecule has 0 N–H and O–H groups in total. The summed E-state index contributed by atoms with van der Waals surface area (Å²) in [6.45, 7) is 7.77. The van der Waals surface area contributed by atoms with Crippen LogP contribution in [0.2, 0.25) is 0 Å². The molecule has 0 fully saturated rings. The fourth-order valence-corrected chi connectivity index (χ4v) is 2.43. The summed E-state index contributed by atoms with van der Waals surface area (Å²) >= 11 is 0. The van der Waals surface area contributed by atoms with Gasteiger partial charge >= 0.3 is 0 Å². The van der Waals surface area contributed by atoms with E-state index in [-0.39, 0.29) is 0 Å². The number of nitrogens with zero attached hydrogens (tertiary/aromatic N) is 4. The van der Waals surface area contributed by atoms with Gasteiger partial charge in [0.1, 0.15) is 0 Å². The summed E-state index contributed by atoms with van der Waals surface area (Å²) in [5.41, 5.74) is 3.19. The van der Waals surface area contributed by atoms with E-state index in [4.69, 9.17) is 8.83 Å². The molecule has 0 bridgehead atoms. The number of rotatable bonds is 2. The fraction of sp³-hybridized carbons (Fsp3) is 0.300. The number of hydrogen-bond acceptors (Lipinski definition) is 6. The number of benzene rings is 1. The Bertz CT molecular complexity index is 903. The van der Waals surface area contributed by atoms with Crippen LogP contribution in [0.4, 0.5) is 0 Å². The highest BCUT2D eigenvalue weighted by Gasteiger charge is 2.13. The largest absolute Gasteiger partial charge is 0.426 e. The van der Waals surface area contributed by atoms with Crippen LogP contribution in [0.5, 0.6) is 0 Å². The zero-order valence-electron chi connectivity index (χ0n) is 15.4. The predicted molar refractivity (Wildman–Crippen MR) is 99.1 cm³/mol. The molecule has 1 aromatic carbocycles. The van der Waals surface area contributed by atoms with Gasteiger partial charge in [0, 0.05) is 25.0 Å². The van der Waals surface area contributed by atoms with E-state index in [2.05, 4.69) is 52.5 Å². The fourth-order valence-electron chi connectivity index (χ4n) is 2.43. The standard InChI is InChI=1S/C16H16N2O.C4H6N2O/c1-11-3-7-13(8-4-11)15-17-18-16(19-15)14-9-5-12(2)6-10-14;1-3-5-6-4(2)7-3/h3-5,7-10,12H,6H2,1-2H3;1-2H3. The highest BCUT2D eigenvalue weighted by molar-refractivity contribution is 5.70. The molecule has 134 valence electrons. The molecule has 1 aliphatic rings. The van der Waals surface area contributed by atoms with E-state index in [9.17, 15) is 0 Å². The van der Waals surface area contributed by atoms with Crippen LogP contribution in [0.15, 0.2) is 51.3 Å². The molecular formula is C20H22N4O2. The number of aromatic nitrogens is 4. The van der Waals surface area contributed by atoms with E-state index in [1.54, 1.807) is 13.8 Å². The lowest BCUT2D eigenvalue weighted by Crippen LogP contribution is -1.94. The van der Waals surface area contributed by atoms with Crippen molar-refractivity contribution in [3.05, 3.63) is 65.7 Å². The van der Waals surface area contributed by atoms with E-state index in [0.29, 0.717) is 29.5 Å². The molecule has 1 atom stereocenters. The van der Waals surface area contributed by atoms with Gasteiger partial charge in [-0.1, -0.05) is 42.8 Å². The zero-order valence-corrected chi connectivity index (χ0v) is 15.4. The van der Waals surface area contributed by atoms with Gasteiger partial charge in [-0.2, -0.15) is 0 Å². The summed E-state index contributed by atoms with van der Waals surface area (Å²) < 4.78 is 10.6. The first kappa shape index (κ1) is 17.8. The van der Waals surface area contributed by atoms with Crippen LogP contribution in [0.25, 0.3) is 17.0 Å². The lowest BCUT2D eigenvalue weighted by Gasteiger charge is -2.08. The second-order valence-electron chi connectivity index (χ2n) is 6.35. The van der Waals surface area contributed by atoms with E-state index >= 15 is 0 Å². The molecule has 0 saturated heterocycles. The third-order valence-corrected chi connectivity index (χ3v) is 3.91. The van der Waals surface area contributed by atoms with Crippen LogP contribution in [0.1, 0.15) is 36.6 Å². The predicted octanol–water partition coefficient (Wildman–Crippen LogP) is 4.71. The minimum absolute atomic E-state index is 0.572. The minimum Gasteiger partial charge on any atom is -0.426 e. The molecule has 0 radical (unpaired) electrons. The van der Waals surface area contributed by atoms with Crippen molar-refractivity contribution in [2.24, 2.45) is 5.92 Å². The van der Waals surface area contributed by atoms with Gasteiger partial charge in [0.15, 0.2) is 0 Å². The van der Waals surface area contributed by atoms with Gasteiger partial charge in [-0.05, 0) is 31.4 Å². The van der Waals surface area contributed by atoms with Crippen LogP contribution in [-0.4, -0.2) is 20.4 Å². The first-order valence-electron chi connectivity index (χ1n) is 8.57. The highest BCUT2D eigenvalue weighted by Crippen LogP contribution is 2.26. The number of hydrogen-bond donors (Lipinski definition) is 0. The maximum absolute atomic E-state index is 5.74. The van der Waals surface area contributed by atoms with Crippen molar-refractivity contribution >= 4 is 5.57 Å². The van der Waals surface area contributed by atoms with E-state index in [1.165, 1.54) is 5.56 Å². The van der Waals surface area contributed by atoms with Gasteiger partial charge < -0.3 is 8.83 Å². The molecule has 0 spiro atoms. The van der Waals surface area contributed by atoms with Crippen molar-refractivity contribution in [1.29, 1.82) is 0 Å². The van der Waals surface area contributed by atoms with Crippen molar-refractivity contribution < 1.29 is 8.83 Å². The summed E-state index contributed by atoms with van der Waals surface area (Å²) in [5.74, 6) is 3.00. The monoisotopic (exact) mass is 350 g/mol. The molecule has 3 aromatic rings.